The molecule has 36 heavy (non-hydrogen) atoms. The molecule has 0 aromatic rings. The number of aliphatic hydroxyl groups excluding tert-OH is 3. The zero-order chi connectivity index (χ0) is 26.5. The number of aliphatic carboxylic acids is 1. The highest BCUT2D eigenvalue weighted by molar-refractivity contribution is 5.77. The van der Waals surface area contributed by atoms with Gasteiger partial charge in [0.15, 0.2) is 0 Å². The molecule has 0 heterocycles. The molecule has 5 aliphatic rings. The van der Waals surface area contributed by atoms with Crippen molar-refractivity contribution >= 4 is 12.3 Å². The number of allylic oxidation sites excluding steroid dienone is 3. The van der Waals surface area contributed by atoms with Gasteiger partial charge in [-0.2, -0.15) is 0 Å². The first-order valence-electron chi connectivity index (χ1n) is 13.8. The van der Waals surface area contributed by atoms with Gasteiger partial charge in [0, 0.05) is 5.92 Å². The van der Waals surface area contributed by atoms with Crippen LogP contribution < -0.4 is 0 Å². The molecule has 6 nitrogen and oxygen atoms in total. The summed E-state index contributed by atoms with van der Waals surface area (Å²) in [7, 11) is 0. The number of aliphatic hydroxyl groups is 3. The maximum absolute atomic E-state index is 12.8. The average molecular weight is 501 g/mol. The van der Waals surface area contributed by atoms with Crippen molar-refractivity contribution in [2.24, 2.45) is 50.7 Å². The van der Waals surface area contributed by atoms with Crippen LogP contribution in [0.4, 0.5) is 0 Å². The van der Waals surface area contributed by atoms with Crippen LogP contribution in [0.25, 0.3) is 0 Å². The molecule has 0 amide bonds. The fourth-order valence-corrected chi connectivity index (χ4v) is 10.6. The molecule has 0 aromatic heterocycles. The third-order valence-electron chi connectivity index (χ3n) is 13.0. The Morgan fingerprint density at radius 2 is 1.83 bits per heavy atom. The average Bonchev–Trinajstić information content (AvgIpc) is 2.83. The Bertz CT molecular complexity index is 1020. The van der Waals surface area contributed by atoms with Crippen molar-refractivity contribution < 1.29 is 30.0 Å². The summed E-state index contributed by atoms with van der Waals surface area (Å²) >= 11 is 0. The summed E-state index contributed by atoms with van der Waals surface area (Å²) < 4.78 is 0. The summed E-state index contributed by atoms with van der Waals surface area (Å²) in [4.78, 5) is 25.2. The van der Waals surface area contributed by atoms with Gasteiger partial charge in [-0.1, -0.05) is 51.5 Å². The van der Waals surface area contributed by atoms with Gasteiger partial charge in [0.05, 0.1) is 29.6 Å². The largest absolute Gasteiger partial charge is 0.481 e. The molecular weight excluding hydrogens is 456 g/mol. The minimum atomic E-state index is -1.36. The predicted molar refractivity (Wildman–Crippen MR) is 136 cm³/mol. The molecule has 0 saturated heterocycles. The molecule has 0 aliphatic heterocycles. The fourth-order valence-electron chi connectivity index (χ4n) is 10.6. The Balaban J connectivity index is 1.64. The van der Waals surface area contributed by atoms with Crippen LogP contribution in [-0.2, 0) is 9.59 Å². The molecule has 6 heteroatoms. The van der Waals surface area contributed by atoms with Crippen LogP contribution in [0.15, 0.2) is 23.8 Å². The first-order valence-corrected chi connectivity index (χ1v) is 13.8. The lowest BCUT2D eigenvalue weighted by Gasteiger charge is -2.71. The van der Waals surface area contributed by atoms with Gasteiger partial charge in [-0.15, -0.1) is 0 Å². The number of fused-ring (bicyclic) bond motifs is 7. The Morgan fingerprint density at radius 1 is 1.14 bits per heavy atom. The number of hydrogen-bond acceptors (Lipinski definition) is 5. The van der Waals surface area contributed by atoms with Gasteiger partial charge in [0.25, 0.3) is 0 Å². The Kier molecular flexibility index (Phi) is 5.81. The number of aldehydes is 1. The molecule has 0 spiro atoms. The molecule has 9 unspecified atom stereocenters. The van der Waals surface area contributed by atoms with Crippen LogP contribution >= 0.6 is 0 Å². The van der Waals surface area contributed by atoms with Gasteiger partial charge in [0.2, 0.25) is 0 Å². The van der Waals surface area contributed by atoms with Crippen molar-refractivity contribution in [3.05, 3.63) is 23.8 Å². The maximum atomic E-state index is 12.8. The van der Waals surface area contributed by atoms with E-state index in [1.54, 1.807) is 0 Å². The van der Waals surface area contributed by atoms with Gasteiger partial charge in [-0.25, -0.2) is 0 Å². The van der Waals surface area contributed by atoms with Crippen molar-refractivity contribution in [2.45, 2.75) is 91.3 Å². The number of carbonyl (C=O) groups is 2. The van der Waals surface area contributed by atoms with E-state index in [0.29, 0.717) is 32.0 Å². The normalized spacial score (nSPS) is 54.3. The summed E-state index contributed by atoms with van der Waals surface area (Å²) in [5.41, 5.74) is -0.479. The second-order valence-corrected chi connectivity index (χ2v) is 13.8. The molecule has 0 radical (unpaired) electrons. The topological polar surface area (TPSA) is 115 Å². The van der Waals surface area contributed by atoms with Crippen LogP contribution in [0.1, 0.15) is 79.1 Å². The van der Waals surface area contributed by atoms with E-state index < -0.39 is 41.0 Å². The molecule has 0 aromatic carbocycles. The Hall–Kier alpha value is -1.50. The molecule has 0 bridgehead atoms. The molecule has 4 N–H and O–H groups in total. The first kappa shape index (κ1) is 26.1. The number of hydrogen-bond donors (Lipinski definition) is 4. The molecular formula is C30H44O6. The molecule has 11 atom stereocenters. The van der Waals surface area contributed by atoms with E-state index >= 15 is 0 Å². The monoisotopic (exact) mass is 500 g/mol. The number of rotatable bonds is 3. The summed E-state index contributed by atoms with van der Waals surface area (Å²) in [6.07, 6.45) is 6.21. The molecule has 200 valence electrons. The van der Waals surface area contributed by atoms with Gasteiger partial charge in [-0.3, -0.25) is 4.79 Å². The Labute approximate surface area is 214 Å². The number of carbonyl (C=O) groups excluding carboxylic acids is 1. The lowest BCUT2D eigenvalue weighted by molar-refractivity contribution is -0.238. The van der Waals surface area contributed by atoms with Gasteiger partial charge in [-0.05, 0) is 85.4 Å². The molecule has 4 saturated carbocycles. The second kappa shape index (κ2) is 8.00. The standard InChI is InChI=1S/C30H44O6/c1-17-8-11-29(25(35)36)13-12-27(4)19(23(29)18(17)2)6-7-21-26(3)14-20(33)24(34)30(15-31,16-32)22(26)9-10-28(21,27)5/h6,15,18,20-24,32-34H,1,7-14,16H2,2-5H3,(H,35,36)/t18?,20-,21?,22?,23?,24+,26?,27?,28?,29?,30?/m1/s1. The highest BCUT2D eigenvalue weighted by Gasteiger charge is 2.71. The molecule has 5 rings (SSSR count). The highest BCUT2D eigenvalue weighted by Crippen LogP contribution is 2.75. The molecule has 4 fully saturated rings. The zero-order valence-corrected chi connectivity index (χ0v) is 22.3. The van der Waals surface area contributed by atoms with E-state index in [0.717, 1.165) is 31.3 Å². The first-order chi connectivity index (χ1) is 16.8. The van der Waals surface area contributed by atoms with E-state index in [1.807, 2.05) is 0 Å². The predicted octanol–water partition coefficient (Wildman–Crippen LogP) is 4.13. The third kappa shape index (κ3) is 2.84. The highest BCUT2D eigenvalue weighted by atomic mass is 16.4. The summed E-state index contributed by atoms with van der Waals surface area (Å²) in [5, 5.41) is 42.7. The Morgan fingerprint density at radius 3 is 2.44 bits per heavy atom. The second-order valence-electron chi connectivity index (χ2n) is 13.8. The quantitative estimate of drug-likeness (QED) is 0.342. The van der Waals surface area contributed by atoms with Crippen LogP contribution in [0, 0.1) is 50.7 Å². The minimum Gasteiger partial charge on any atom is -0.481 e. The third-order valence-corrected chi connectivity index (χ3v) is 13.0. The lowest BCUT2D eigenvalue weighted by Crippen LogP contribution is -2.69. The van der Waals surface area contributed by atoms with Crippen molar-refractivity contribution in [3.63, 3.8) is 0 Å². The maximum Gasteiger partial charge on any atom is 0.310 e. The summed E-state index contributed by atoms with van der Waals surface area (Å²) in [6.45, 7) is 12.8. The van der Waals surface area contributed by atoms with Crippen LogP contribution in [0.5, 0.6) is 0 Å². The van der Waals surface area contributed by atoms with Gasteiger partial charge >= 0.3 is 5.97 Å². The van der Waals surface area contributed by atoms with Crippen molar-refractivity contribution in [1.82, 2.24) is 0 Å². The van der Waals surface area contributed by atoms with E-state index in [2.05, 4.69) is 40.3 Å². The number of carboxylic acid groups (broad SMARTS) is 1. The molecule has 5 aliphatic carbocycles. The van der Waals surface area contributed by atoms with Gasteiger partial charge in [0.1, 0.15) is 6.29 Å². The van der Waals surface area contributed by atoms with Crippen molar-refractivity contribution in [2.75, 3.05) is 6.61 Å². The van der Waals surface area contributed by atoms with E-state index in [4.69, 9.17) is 0 Å². The summed E-state index contributed by atoms with van der Waals surface area (Å²) in [6, 6.07) is 0. The van der Waals surface area contributed by atoms with E-state index in [9.17, 15) is 30.0 Å². The zero-order valence-electron chi connectivity index (χ0n) is 22.3. The lowest BCUT2D eigenvalue weighted by atomic mass is 9.33. The smallest absolute Gasteiger partial charge is 0.310 e. The number of carboxylic acids is 1. The van der Waals surface area contributed by atoms with E-state index in [1.165, 1.54) is 5.57 Å². The van der Waals surface area contributed by atoms with Crippen LogP contribution in [0.3, 0.4) is 0 Å². The van der Waals surface area contributed by atoms with Gasteiger partial charge < -0.3 is 25.2 Å². The van der Waals surface area contributed by atoms with E-state index in [-0.39, 0.29) is 34.5 Å². The summed E-state index contributed by atoms with van der Waals surface area (Å²) in [5.74, 6) is -0.719. The van der Waals surface area contributed by atoms with Crippen molar-refractivity contribution in [3.8, 4) is 0 Å². The van der Waals surface area contributed by atoms with Crippen LogP contribution in [0.2, 0.25) is 0 Å². The van der Waals surface area contributed by atoms with Crippen molar-refractivity contribution in [1.29, 1.82) is 0 Å². The SMILES string of the molecule is C=C1CCC2(C(=O)O)CCC3(C)C(=CCC4C5(C)C[C@@H](O)[C@H](O)C(C=O)(CO)C5CCC43C)C2C1C. The van der Waals surface area contributed by atoms with Crippen LogP contribution in [-0.4, -0.2) is 51.5 Å². The fraction of sp³-hybridized carbons (Fsp3) is 0.800. The minimum absolute atomic E-state index is 0.0661.